The van der Waals surface area contributed by atoms with Gasteiger partial charge in [-0.3, -0.25) is 14.6 Å². The maximum absolute atomic E-state index is 11.9. The number of aromatic nitrogens is 2. The second kappa shape index (κ2) is 4.97. The van der Waals surface area contributed by atoms with Crippen molar-refractivity contribution in [1.29, 1.82) is 0 Å². The summed E-state index contributed by atoms with van der Waals surface area (Å²) in [6, 6.07) is 0. The van der Waals surface area contributed by atoms with E-state index in [0.29, 0.717) is 0 Å². The molecule has 0 atom stereocenters. The Morgan fingerprint density at radius 1 is 1.42 bits per heavy atom. The predicted molar refractivity (Wildman–Crippen MR) is 64.3 cm³/mol. The van der Waals surface area contributed by atoms with Crippen molar-refractivity contribution in [2.75, 3.05) is 0 Å². The minimum Gasteiger partial charge on any atom is -0.481 e. The molecule has 0 unspecified atom stereocenters. The molecule has 0 radical (unpaired) electrons. The molecule has 0 spiro atoms. The summed E-state index contributed by atoms with van der Waals surface area (Å²) in [5.41, 5.74) is -3.20. The summed E-state index contributed by atoms with van der Waals surface area (Å²) < 4.78 is 25.9. The first kappa shape index (κ1) is 15.1. The van der Waals surface area contributed by atoms with Gasteiger partial charge in [0, 0.05) is 11.7 Å². The second-order valence-corrected chi connectivity index (χ2v) is 6.15. The van der Waals surface area contributed by atoms with Crippen LogP contribution in [0.15, 0.2) is 20.7 Å². The maximum atomic E-state index is 11.9. The van der Waals surface area contributed by atoms with Crippen molar-refractivity contribution < 1.29 is 18.3 Å². The van der Waals surface area contributed by atoms with Crippen molar-refractivity contribution in [1.82, 2.24) is 14.7 Å². The van der Waals surface area contributed by atoms with Crippen LogP contribution in [0.25, 0.3) is 0 Å². The van der Waals surface area contributed by atoms with Crippen LogP contribution in [-0.4, -0.2) is 35.0 Å². The summed E-state index contributed by atoms with van der Waals surface area (Å²) in [4.78, 5) is 35.9. The number of aromatic amines is 2. The van der Waals surface area contributed by atoms with Crippen LogP contribution < -0.4 is 16.0 Å². The largest absolute Gasteiger partial charge is 0.481 e. The molecule has 0 aliphatic carbocycles. The third kappa shape index (κ3) is 4.03. The Hall–Kier alpha value is -1.94. The molecule has 0 aliphatic rings. The van der Waals surface area contributed by atoms with Gasteiger partial charge in [0.2, 0.25) is 10.0 Å². The lowest BCUT2D eigenvalue weighted by Gasteiger charge is -2.23. The fourth-order valence-corrected chi connectivity index (χ4v) is 2.85. The topological polar surface area (TPSA) is 149 Å². The van der Waals surface area contributed by atoms with Gasteiger partial charge in [-0.25, -0.2) is 17.9 Å². The minimum absolute atomic E-state index is 0.465. The van der Waals surface area contributed by atoms with E-state index in [1.165, 1.54) is 13.8 Å². The molecular weight excluding hydrogens is 278 g/mol. The molecule has 0 aliphatic heterocycles. The highest BCUT2D eigenvalue weighted by molar-refractivity contribution is 7.89. The summed E-state index contributed by atoms with van der Waals surface area (Å²) in [6.45, 7) is 2.72. The van der Waals surface area contributed by atoms with Gasteiger partial charge in [-0.15, -0.1) is 0 Å². The number of sulfonamides is 1. The summed E-state index contributed by atoms with van der Waals surface area (Å²) in [5, 5.41) is 8.66. The van der Waals surface area contributed by atoms with Crippen molar-refractivity contribution >= 4 is 16.0 Å². The fourth-order valence-electron chi connectivity index (χ4n) is 1.43. The Bertz CT molecular complexity index is 699. The average molecular weight is 291 g/mol. The number of carboxylic acid groups (broad SMARTS) is 1. The zero-order valence-corrected chi connectivity index (χ0v) is 11.0. The normalized spacial score (nSPS) is 12.3. The van der Waals surface area contributed by atoms with E-state index >= 15 is 0 Å². The Kier molecular flexibility index (Phi) is 3.96. The molecular formula is C9H13N3O6S. The molecule has 106 valence electrons. The van der Waals surface area contributed by atoms with Gasteiger partial charge in [0.05, 0.1) is 6.42 Å². The number of hydrogen-bond donors (Lipinski definition) is 4. The minimum atomic E-state index is -4.24. The fraction of sp³-hybridized carbons (Fsp3) is 0.444. The smallest absolute Gasteiger partial charge is 0.325 e. The summed E-state index contributed by atoms with van der Waals surface area (Å²) in [5.74, 6) is -1.19. The van der Waals surface area contributed by atoms with Crippen LogP contribution in [0.1, 0.15) is 20.3 Å². The summed E-state index contributed by atoms with van der Waals surface area (Å²) in [6.07, 6.45) is 0.286. The maximum Gasteiger partial charge on any atom is 0.325 e. The number of H-pyrrole nitrogens is 2. The molecule has 1 aromatic rings. The van der Waals surface area contributed by atoms with Crippen molar-refractivity contribution in [2.24, 2.45) is 0 Å². The molecule has 0 saturated heterocycles. The molecule has 4 N–H and O–H groups in total. The van der Waals surface area contributed by atoms with E-state index in [1.54, 1.807) is 4.98 Å². The van der Waals surface area contributed by atoms with Gasteiger partial charge in [0.15, 0.2) is 4.90 Å². The van der Waals surface area contributed by atoms with Crippen LogP contribution in [0.5, 0.6) is 0 Å². The first-order chi connectivity index (χ1) is 8.53. The molecule has 1 aromatic heterocycles. The van der Waals surface area contributed by atoms with Crippen molar-refractivity contribution in [3.63, 3.8) is 0 Å². The lowest BCUT2D eigenvalue weighted by atomic mass is 10.0. The Morgan fingerprint density at radius 3 is 2.47 bits per heavy atom. The first-order valence-electron chi connectivity index (χ1n) is 5.11. The number of carbonyl (C=O) groups is 1. The lowest BCUT2D eigenvalue weighted by molar-refractivity contribution is -0.138. The molecule has 19 heavy (non-hydrogen) atoms. The molecule has 0 saturated carbocycles. The van der Waals surface area contributed by atoms with Crippen molar-refractivity contribution in [3.05, 3.63) is 27.0 Å². The van der Waals surface area contributed by atoms with Crippen LogP contribution in [0.2, 0.25) is 0 Å². The van der Waals surface area contributed by atoms with E-state index < -0.39 is 44.1 Å². The molecule has 0 bridgehead atoms. The molecule has 1 rings (SSSR count). The van der Waals surface area contributed by atoms with Crippen LogP contribution in [-0.2, 0) is 14.8 Å². The van der Waals surface area contributed by atoms with Crippen molar-refractivity contribution in [2.45, 2.75) is 30.7 Å². The highest BCUT2D eigenvalue weighted by Crippen LogP contribution is 2.12. The van der Waals surface area contributed by atoms with Gasteiger partial charge in [-0.1, -0.05) is 0 Å². The molecule has 0 fully saturated rings. The molecule has 1 heterocycles. The zero-order valence-electron chi connectivity index (χ0n) is 10.2. The first-order valence-corrected chi connectivity index (χ1v) is 6.60. The SMILES string of the molecule is CC(C)(CC(=O)O)NS(=O)(=O)c1c[nH]c(=O)[nH]c1=O. The Balaban J connectivity index is 3.15. The van der Waals surface area contributed by atoms with Crippen LogP contribution in [0, 0.1) is 0 Å². The number of rotatable bonds is 5. The Labute approximate surface area is 107 Å². The van der Waals surface area contributed by atoms with E-state index in [1.807, 2.05) is 4.98 Å². The number of nitrogens with one attached hydrogen (secondary N) is 3. The third-order valence-electron chi connectivity index (χ3n) is 2.08. The highest BCUT2D eigenvalue weighted by atomic mass is 32.2. The van der Waals surface area contributed by atoms with Gasteiger partial charge >= 0.3 is 11.7 Å². The highest BCUT2D eigenvalue weighted by Gasteiger charge is 2.30. The van der Waals surface area contributed by atoms with Crippen molar-refractivity contribution in [3.8, 4) is 0 Å². The van der Waals surface area contributed by atoms with Gasteiger partial charge in [-0.05, 0) is 13.8 Å². The van der Waals surface area contributed by atoms with Gasteiger partial charge in [-0.2, -0.15) is 0 Å². The van der Waals surface area contributed by atoms with Crippen LogP contribution >= 0.6 is 0 Å². The van der Waals surface area contributed by atoms with E-state index in [-0.39, 0.29) is 0 Å². The van der Waals surface area contributed by atoms with E-state index in [2.05, 4.69) is 4.72 Å². The van der Waals surface area contributed by atoms with E-state index in [4.69, 9.17) is 5.11 Å². The standard InChI is InChI=1S/C9H13N3O6S/c1-9(2,3-6(13)14)12-19(17,18)5-4-10-8(16)11-7(5)15/h4,12H,3H2,1-2H3,(H,13,14)(H2,10,11,15,16). The molecule has 9 nitrogen and oxygen atoms in total. The molecule has 0 amide bonds. The van der Waals surface area contributed by atoms with Gasteiger partial charge < -0.3 is 10.1 Å². The summed E-state index contributed by atoms with van der Waals surface area (Å²) in [7, 11) is -4.24. The van der Waals surface area contributed by atoms with E-state index in [0.717, 1.165) is 6.20 Å². The van der Waals surface area contributed by atoms with Gasteiger partial charge in [0.1, 0.15) is 0 Å². The average Bonchev–Trinajstić information content (AvgIpc) is 2.11. The third-order valence-corrected chi connectivity index (χ3v) is 3.78. The predicted octanol–water partition coefficient (Wildman–Crippen LogP) is -1.41. The number of hydrogen-bond acceptors (Lipinski definition) is 5. The van der Waals surface area contributed by atoms with Gasteiger partial charge in [0.25, 0.3) is 5.56 Å². The quantitative estimate of drug-likeness (QED) is 0.524. The second-order valence-electron chi connectivity index (χ2n) is 4.50. The van der Waals surface area contributed by atoms with Crippen LogP contribution in [0.4, 0.5) is 0 Å². The molecule has 0 aromatic carbocycles. The van der Waals surface area contributed by atoms with Crippen LogP contribution in [0.3, 0.4) is 0 Å². The summed E-state index contributed by atoms with van der Waals surface area (Å²) >= 11 is 0. The number of carboxylic acids is 1. The molecule has 10 heteroatoms. The Morgan fingerprint density at radius 2 is 2.00 bits per heavy atom. The van der Waals surface area contributed by atoms with E-state index in [9.17, 15) is 22.8 Å². The lowest BCUT2D eigenvalue weighted by Crippen LogP contribution is -2.46. The number of aliphatic carboxylic acids is 1. The monoisotopic (exact) mass is 291 g/mol. The zero-order chi connectivity index (χ0) is 14.8.